The van der Waals surface area contributed by atoms with Crippen LogP contribution in [0.3, 0.4) is 0 Å². The Morgan fingerprint density at radius 1 is 1.50 bits per heavy atom. The normalized spacial score (nSPS) is 28.0. The number of H-pyrrole nitrogens is 1. The molecule has 0 amide bonds. The first-order valence-corrected chi connectivity index (χ1v) is 7.65. The monoisotopic (exact) mass is 340 g/mol. The van der Waals surface area contributed by atoms with Crippen molar-refractivity contribution in [1.82, 2.24) is 9.97 Å². The van der Waals surface area contributed by atoms with Crippen LogP contribution in [-0.4, -0.2) is 69.4 Å². The van der Waals surface area contributed by atoms with Crippen LogP contribution in [0.15, 0.2) is 11.1 Å². The fourth-order valence-electron chi connectivity index (χ4n) is 1.67. The largest absolute Gasteiger partial charge is 0.748 e. The van der Waals surface area contributed by atoms with Gasteiger partial charge in [-0.1, -0.05) is 4.98 Å². The third-order valence-electron chi connectivity index (χ3n) is 2.58. The molecule has 12 nitrogen and oxygen atoms in total. The number of anilines is 1. The summed E-state index contributed by atoms with van der Waals surface area (Å²) in [5, 5.41) is 28.1. The summed E-state index contributed by atoms with van der Waals surface area (Å²) in [6.45, 7) is -0.463. The van der Waals surface area contributed by atoms with Gasteiger partial charge in [0, 0.05) is 6.26 Å². The Hall–Kier alpha value is -1.64. The first-order valence-electron chi connectivity index (χ1n) is 5.84. The average Bonchev–Trinajstić information content (AvgIpc) is 2.64. The Balaban J connectivity index is 0.000000422. The van der Waals surface area contributed by atoms with Crippen LogP contribution in [0.25, 0.3) is 0 Å². The van der Waals surface area contributed by atoms with Crippen molar-refractivity contribution in [1.29, 1.82) is 0 Å². The number of nitrogens with zero attached hydrogens (tertiary/aromatic N) is 2. The van der Waals surface area contributed by atoms with Gasteiger partial charge < -0.3 is 30.3 Å². The molecule has 1 unspecified atom stereocenters. The predicted molar refractivity (Wildman–Crippen MR) is 68.1 cm³/mol. The number of nitrogen functional groups attached to an aromatic ring is 1. The van der Waals surface area contributed by atoms with Crippen LogP contribution < -0.4 is 16.0 Å². The van der Waals surface area contributed by atoms with Gasteiger partial charge >= 0.3 is 11.6 Å². The third-order valence-corrected chi connectivity index (χ3v) is 2.58. The molecule has 0 aliphatic carbocycles. The van der Waals surface area contributed by atoms with Crippen LogP contribution in [0.5, 0.6) is 0 Å². The van der Waals surface area contributed by atoms with Crippen molar-refractivity contribution < 1.29 is 37.6 Å². The van der Waals surface area contributed by atoms with E-state index >= 15 is 0 Å². The fourth-order valence-corrected chi connectivity index (χ4v) is 1.67. The van der Waals surface area contributed by atoms with Gasteiger partial charge in [0.2, 0.25) is 12.6 Å². The number of aliphatic hydroxyl groups excluding tert-OH is 3. The van der Waals surface area contributed by atoms with Crippen LogP contribution in [0.1, 0.15) is 6.23 Å². The van der Waals surface area contributed by atoms with Crippen LogP contribution in [0.4, 0.5) is 5.95 Å². The second kappa shape index (κ2) is 7.08. The zero-order valence-electron chi connectivity index (χ0n) is 11.4. The van der Waals surface area contributed by atoms with Gasteiger partial charge in [-0.15, -0.1) is 0 Å². The lowest BCUT2D eigenvalue weighted by Crippen LogP contribution is -2.58. The molecule has 1 saturated heterocycles. The van der Waals surface area contributed by atoms with Crippen molar-refractivity contribution in [3.63, 3.8) is 0 Å². The maximum absolute atomic E-state index is 11.5. The van der Waals surface area contributed by atoms with Gasteiger partial charge in [0.25, 0.3) is 0 Å². The number of aromatic amines is 1. The SMILES string of the molecule is CS(=O)(=O)[O-].Nc1nc[n+]([C@@H]2O[C@H](CO)[C@H](O)C2O)c(=O)[nH]1. The molecule has 126 valence electrons. The van der Waals surface area contributed by atoms with E-state index in [4.69, 9.17) is 28.5 Å². The Bertz CT molecular complexity index is 654. The van der Waals surface area contributed by atoms with Gasteiger partial charge in [-0.3, -0.25) is 0 Å². The lowest BCUT2D eigenvalue weighted by molar-refractivity contribution is -0.782. The van der Waals surface area contributed by atoms with E-state index in [0.717, 1.165) is 10.9 Å². The highest BCUT2D eigenvalue weighted by molar-refractivity contribution is 7.84. The zero-order valence-corrected chi connectivity index (χ0v) is 12.2. The van der Waals surface area contributed by atoms with E-state index in [2.05, 4.69) is 9.97 Å². The highest BCUT2D eigenvalue weighted by Gasteiger charge is 2.46. The lowest BCUT2D eigenvalue weighted by atomic mass is 10.1. The van der Waals surface area contributed by atoms with Crippen molar-refractivity contribution >= 4 is 16.1 Å². The molecule has 0 saturated carbocycles. The van der Waals surface area contributed by atoms with Crippen molar-refractivity contribution in [2.24, 2.45) is 0 Å². The molecule has 13 heteroatoms. The average molecular weight is 340 g/mol. The summed E-state index contributed by atoms with van der Waals surface area (Å²) in [7, 11) is -3.92. The molecule has 2 heterocycles. The quantitative estimate of drug-likeness (QED) is 0.257. The van der Waals surface area contributed by atoms with Crippen molar-refractivity contribution in [2.45, 2.75) is 24.5 Å². The molecule has 1 aromatic rings. The van der Waals surface area contributed by atoms with Gasteiger partial charge in [0.15, 0.2) is 0 Å². The fraction of sp³-hybridized carbons (Fsp3) is 0.667. The van der Waals surface area contributed by atoms with Crippen LogP contribution in [0.2, 0.25) is 0 Å². The summed E-state index contributed by atoms with van der Waals surface area (Å²) in [6.07, 6.45) is -2.96. The van der Waals surface area contributed by atoms with Gasteiger partial charge in [0.05, 0.1) is 16.7 Å². The molecule has 2 rings (SSSR count). The summed E-state index contributed by atoms with van der Waals surface area (Å²) >= 11 is 0. The first-order chi connectivity index (χ1) is 10.0. The van der Waals surface area contributed by atoms with E-state index in [9.17, 15) is 15.0 Å². The number of rotatable bonds is 2. The molecule has 1 aliphatic rings. The Labute approximate surface area is 124 Å². The van der Waals surface area contributed by atoms with Gasteiger partial charge in [-0.2, -0.15) is 9.55 Å². The van der Waals surface area contributed by atoms with Crippen molar-refractivity contribution in [2.75, 3.05) is 18.6 Å². The molecule has 1 aromatic heterocycles. The summed E-state index contributed by atoms with van der Waals surface area (Å²) < 4.78 is 33.3. The molecular weight excluding hydrogens is 324 g/mol. The van der Waals surface area contributed by atoms with Crippen LogP contribution in [-0.2, 0) is 14.9 Å². The molecule has 6 N–H and O–H groups in total. The van der Waals surface area contributed by atoms with Crippen LogP contribution in [0, 0.1) is 0 Å². The number of nitrogens with one attached hydrogen (secondary N) is 1. The van der Waals surface area contributed by atoms with Crippen molar-refractivity contribution in [3.05, 3.63) is 16.8 Å². The Morgan fingerprint density at radius 3 is 2.45 bits per heavy atom. The van der Waals surface area contributed by atoms with Gasteiger partial charge in [-0.05, 0) is 0 Å². The highest BCUT2D eigenvalue weighted by atomic mass is 32.2. The number of hydrogen-bond acceptors (Lipinski definition) is 10. The number of nitrogens with two attached hydrogens (primary N) is 1. The molecule has 22 heavy (non-hydrogen) atoms. The number of aliphatic hydroxyl groups is 3. The molecule has 4 atom stereocenters. The minimum atomic E-state index is -3.92. The lowest BCUT2D eigenvalue weighted by Gasteiger charge is -2.11. The number of hydrogen-bond donors (Lipinski definition) is 5. The minimum absolute atomic E-state index is 0.0713. The standard InChI is InChI=1S/C8H12N4O5.CH4O3S/c9-7-10-2-12(8(16)11-7)6-5(15)4(14)3(1-13)17-6;1-5(2,3)4/h2-6,13-15H,1H2,(H2,9,11,16);1H3,(H,2,3,4)/t3-,4+,5?,6-;/m1./s1. The molecule has 1 fully saturated rings. The minimum Gasteiger partial charge on any atom is -0.748 e. The van der Waals surface area contributed by atoms with E-state index in [0.29, 0.717) is 6.26 Å². The van der Waals surface area contributed by atoms with Gasteiger partial charge in [0.1, 0.15) is 18.3 Å². The predicted octanol–water partition coefficient (Wildman–Crippen LogP) is -4.59. The molecular formula is C9H16N4O8S. The van der Waals surface area contributed by atoms with E-state index in [-0.39, 0.29) is 5.95 Å². The van der Waals surface area contributed by atoms with E-state index in [1.54, 1.807) is 0 Å². The summed E-state index contributed by atoms with van der Waals surface area (Å²) in [4.78, 5) is 17.4. The summed E-state index contributed by atoms with van der Waals surface area (Å²) in [6, 6.07) is 0. The molecule has 0 spiro atoms. The Morgan fingerprint density at radius 2 is 2.05 bits per heavy atom. The summed E-state index contributed by atoms with van der Waals surface area (Å²) in [5.74, 6) is -0.0713. The number of ether oxygens (including phenoxy) is 1. The summed E-state index contributed by atoms with van der Waals surface area (Å²) in [5.41, 5.74) is 4.64. The van der Waals surface area contributed by atoms with Crippen LogP contribution >= 0.6 is 0 Å². The maximum atomic E-state index is 11.5. The Kier molecular flexibility index (Phi) is 5.92. The number of aromatic nitrogens is 3. The van der Waals surface area contributed by atoms with E-state index in [1.807, 2.05) is 0 Å². The van der Waals surface area contributed by atoms with E-state index < -0.39 is 47.0 Å². The van der Waals surface area contributed by atoms with E-state index in [1.165, 1.54) is 0 Å². The zero-order chi connectivity index (χ0) is 17.1. The molecule has 0 bridgehead atoms. The van der Waals surface area contributed by atoms with Crippen molar-refractivity contribution in [3.8, 4) is 0 Å². The molecule has 0 radical (unpaired) electrons. The molecule has 0 aromatic carbocycles. The topological polar surface area (TPSA) is 203 Å². The molecule has 1 aliphatic heterocycles. The third kappa shape index (κ3) is 4.97. The highest BCUT2D eigenvalue weighted by Crippen LogP contribution is 2.24. The smallest absolute Gasteiger partial charge is 0.446 e. The maximum Gasteiger partial charge on any atom is 0.446 e. The second-order valence-corrected chi connectivity index (χ2v) is 5.81. The second-order valence-electron chi connectivity index (χ2n) is 4.40. The first kappa shape index (κ1) is 18.4. The van der Waals surface area contributed by atoms with Gasteiger partial charge in [-0.25, -0.2) is 13.2 Å².